The van der Waals surface area contributed by atoms with Crippen LogP contribution in [-0.4, -0.2) is 73.6 Å². The van der Waals surface area contributed by atoms with Crippen molar-refractivity contribution in [1.82, 2.24) is 9.80 Å². The molecule has 2 saturated heterocycles. The summed E-state index contributed by atoms with van der Waals surface area (Å²) in [5, 5.41) is 34.2. The fraction of sp³-hybridized carbons (Fsp3) is 0.759. The summed E-state index contributed by atoms with van der Waals surface area (Å²) in [6.45, 7) is 26.7. The van der Waals surface area contributed by atoms with E-state index in [2.05, 4.69) is 130 Å². The van der Waals surface area contributed by atoms with Gasteiger partial charge in [0.1, 0.15) is 23.7 Å². The number of aliphatic hydroxyl groups is 2. The van der Waals surface area contributed by atoms with Gasteiger partial charge in [-0.3, -0.25) is 9.80 Å². The van der Waals surface area contributed by atoms with Crippen molar-refractivity contribution < 1.29 is 19.7 Å². The highest BCUT2D eigenvalue weighted by Gasteiger charge is 2.93. The summed E-state index contributed by atoms with van der Waals surface area (Å²) in [4.78, 5) is 4.86. The number of nitriles is 1. The molecule has 0 aromatic heterocycles. The zero-order valence-corrected chi connectivity index (χ0v) is 39.4. The van der Waals surface area contributed by atoms with E-state index in [0.29, 0.717) is 17.6 Å². The first-order chi connectivity index (χ1) is 28.3. The fourth-order valence-corrected chi connectivity index (χ4v) is 20.0. The Morgan fingerprint density at radius 3 is 1.52 bits per heavy atom. The number of benzene rings is 2. The lowest BCUT2D eigenvalue weighted by molar-refractivity contribution is -0.246. The van der Waals surface area contributed by atoms with Gasteiger partial charge >= 0.3 is 0 Å². The van der Waals surface area contributed by atoms with E-state index >= 15 is 0 Å². The van der Waals surface area contributed by atoms with Gasteiger partial charge in [-0.25, -0.2) is 0 Å². The van der Waals surface area contributed by atoms with E-state index in [-0.39, 0.29) is 72.9 Å². The number of likely N-dealkylation sites (tertiary alicyclic amines) is 2. The molecule has 8 bridgehead atoms. The van der Waals surface area contributed by atoms with Crippen LogP contribution in [0.15, 0.2) is 24.3 Å². The molecule has 61 heavy (non-hydrogen) atoms. The maximum atomic E-state index is 12.0. The molecule has 14 aliphatic rings. The summed E-state index contributed by atoms with van der Waals surface area (Å²) in [5.74, 6) is 2.76. The second kappa shape index (κ2) is 10.0. The van der Waals surface area contributed by atoms with E-state index in [4.69, 9.17) is 9.47 Å². The van der Waals surface area contributed by atoms with Crippen LogP contribution in [0.3, 0.4) is 0 Å². The van der Waals surface area contributed by atoms with E-state index in [9.17, 15) is 15.5 Å². The lowest BCUT2D eigenvalue weighted by atomic mass is 9.35. The average Bonchev–Trinajstić information content (AvgIpc) is 3.62. The molecule has 0 radical (unpaired) electrons. The van der Waals surface area contributed by atoms with Crippen molar-refractivity contribution in [3.05, 3.63) is 57.6 Å². The number of likely N-dealkylation sites (N-methyl/N-ethyl adjacent to an activating group) is 1. The van der Waals surface area contributed by atoms with Crippen LogP contribution in [0.25, 0.3) is 0 Å². The molecule has 7 heteroatoms. The Morgan fingerprint density at radius 2 is 1.08 bits per heavy atom. The smallest absolute Gasteiger partial charge is 0.180 e. The highest BCUT2D eigenvalue weighted by Crippen LogP contribution is 2.88. The van der Waals surface area contributed by atoms with Crippen LogP contribution < -0.4 is 9.47 Å². The van der Waals surface area contributed by atoms with Crippen LogP contribution in [-0.2, 0) is 23.7 Å². The monoisotopic (exact) mass is 826 g/mol. The molecule has 16 rings (SSSR count). The number of fused-ring (bicyclic) bond motifs is 4. The molecule has 2 aromatic carbocycles. The molecule has 17 atom stereocenters. The molecule has 6 spiro atoms. The lowest BCUT2D eigenvalue weighted by Gasteiger charge is -2.70. The predicted molar refractivity (Wildman–Crippen MR) is 235 cm³/mol. The highest BCUT2D eigenvalue weighted by molar-refractivity contribution is 5.67. The molecule has 2 N–H and O–H groups in total. The van der Waals surface area contributed by atoms with E-state index < -0.39 is 11.2 Å². The van der Waals surface area contributed by atoms with Gasteiger partial charge in [0, 0.05) is 55.2 Å². The lowest BCUT2D eigenvalue weighted by Crippen LogP contribution is -2.73. The van der Waals surface area contributed by atoms with Crippen molar-refractivity contribution in [1.29, 1.82) is 5.26 Å². The quantitative estimate of drug-likeness (QED) is 0.231. The van der Waals surface area contributed by atoms with E-state index in [1.165, 1.54) is 53.7 Å². The number of nitrogens with zero attached hydrogens (tertiary/aromatic N) is 3. The van der Waals surface area contributed by atoms with Gasteiger partial charge in [0.15, 0.2) is 6.19 Å². The van der Waals surface area contributed by atoms with Crippen molar-refractivity contribution in [3.8, 4) is 17.7 Å². The molecule has 2 aromatic rings. The van der Waals surface area contributed by atoms with Gasteiger partial charge in [-0.05, 0) is 144 Å². The molecule has 0 amide bonds. The van der Waals surface area contributed by atoms with E-state index in [1.54, 1.807) is 11.1 Å². The maximum absolute atomic E-state index is 12.0. The van der Waals surface area contributed by atoms with Crippen molar-refractivity contribution in [2.45, 2.75) is 205 Å². The molecule has 10 aliphatic carbocycles. The van der Waals surface area contributed by atoms with Crippen LogP contribution >= 0.6 is 0 Å². The van der Waals surface area contributed by atoms with Crippen LogP contribution in [0.2, 0.25) is 0 Å². The second-order valence-electron chi connectivity index (χ2n) is 26.9. The normalized spacial score (nSPS) is 51.0. The van der Waals surface area contributed by atoms with Gasteiger partial charge in [0.25, 0.3) is 0 Å². The van der Waals surface area contributed by atoms with Gasteiger partial charge in [-0.15, -0.1) is 0 Å². The van der Waals surface area contributed by atoms with Gasteiger partial charge in [-0.2, -0.15) is 5.26 Å². The van der Waals surface area contributed by atoms with Crippen LogP contribution in [0.5, 0.6) is 11.5 Å². The molecule has 7 nitrogen and oxygen atoms in total. The summed E-state index contributed by atoms with van der Waals surface area (Å²) in [6.07, 6.45) is 14.3. The Kier molecular flexibility index (Phi) is 6.36. The summed E-state index contributed by atoms with van der Waals surface area (Å²) in [5.41, 5.74) is 7.41. The number of piperidine rings is 2. The minimum Gasteiger partial charge on any atom is -0.488 e. The van der Waals surface area contributed by atoms with Crippen molar-refractivity contribution in [2.24, 2.45) is 44.3 Å². The molecule has 10 fully saturated rings. The molecule has 4 aliphatic heterocycles. The molecule has 13 unspecified atom stereocenters. The standard InChI is InChI=1S/C27H34N2O2.C27H37NO2/c1-15-7-8-16-11-26-13-27-18(16)19(15)31-21(27)23(5)9-10-25(27,20(26)29(26)14-28)12-17(23)24(6,30)22(2,3)4;1-15-8-9-16-12-26-14-27-18(16)19(15)30-21(27)23(5)10-11-25(27,20(26)28(26)7)13-17(23)24(6,29)22(2,3)4/h7-8,17,20-21,30H,9-13H2,1-6H3;8-9,17,20-21,29H,10-14H2,1-7H3/t17?,20-,21?,23?,24?,25?,26?,27-,29?;17?,20-,21?,23?,24?,25?,26?,27-,28?/m00/s1. The topological polar surface area (TPSA) is 88.7 Å². The Hall–Kier alpha value is -2.79. The summed E-state index contributed by atoms with van der Waals surface area (Å²) in [6, 6.07) is 10.2. The Balaban J connectivity index is 0.000000125. The van der Waals surface area contributed by atoms with E-state index in [0.717, 1.165) is 44.3 Å². The predicted octanol–water partition coefficient (Wildman–Crippen LogP) is 9.07. The SMILES string of the molecule is Cc1ccc2c3c1OC1C4(C)CCC5(CC4C(C)(O)C(C)(C)C)[C@@H]4N(C#N)C4(C2)C[C@]315.Cc1ccc2c3c1OC1C4(C)CCC5(CC4C(C)(O)C(C)(C)C)[C@@H]4N(C)C4(C2)C[C@]315. The number of hydrogen-bond acceptors (Lipinski definition) is 7. The molecule has 326 valence electrons. The third-order valence-corrected chi connectivity index (χ3v) is 23.5. The Bertz CT molecular complexity index is 2470. The number of aryl methyl sites for hydroxylation is 2. The Labute approximate surface area is 364 Å². The van der Waals surface area contributed by atoms with Crippen molar-refractivity contribution >= 4 is 0 Å². The zero-order valence-electron chi connectivity index (χ0n) is 39.4. The minimum atomic E-state index is -0.803. The fourth-order valence-electron chi connectivity index (χ4n) is 20.0. The van der Waals surface area contributed by atoms with Crippen molar-refractivity contribution in [2.75, 3.05) is 7.05 Å². The van der Waals surface area contributed by atoms with Gasteiger partial charge in [0.05, 0.1) is 22.8 Å². The summed E-state index contributed by atoms with van der Waals surface area (Å²) in [7, 11) is 2.37. The van der Waals surface area contributed by atoms with Gasteiger partial charge < -0.3 is 19.7 Å². The van der Waals surface area contributed by atoms with Gasteiger partial charge in [-0.1, -0.05) is 79.7 Å². The third kappa shape index (κ3) is 3.50. The minimum absolute atomic E-state index is 0.00907. The van der Waals surface area contributed by atoms with E-state index in [1.807, 2.05) is 0 Å². The first-order valence-electron chi connectivity index (χ1n) is 24.2. The van der Waals surface area contributed by atoms with Crippen LogP contribution in [0.4, 0.5) is 0 Å². The summed E-state index contributed by atoms with van der Waals surface area (Å²) >= 11 is 0. The molecule has 4 heterocycles. The molecule has 8 saturated carbocycles. The van der Waals surface area contributed by atoms with Crippen LogP contribution in [0.1, 0.15) is 154 Å². The Morgan fingerprint density at radius 1 is 0.656 bits per heavy atom. The summed E-state index contributed by atoms with van der Waals surface area (Å²) < 4.78 is 14.1. The molecular weight excluding hydrogens is 755 g/mol. The largest absolute Gasteiger partial charge is 0.488 e. The third-order valence-electron chi connectivity index (χ3n) is 23.5. The average molecular weight is 826 g/mol. The second-order valence-corrected chi connectivity index (χ2v) is 26.9. The van der Waals surface area contributed by atoms with Crippen molar-refractivity contribution in [3.63, 3.8) is 0 Å². The zero-order chi connectivity index (χ0) is 43.3. The number of hydrogen-bond donors (Lipinski definition) is 2. The molecular formula is C54H71N3O4. The first kappa shape index (κ1) is 38.6. The van der Waals surface area contributed by atoms with Crippen LogP contribution in [0, 0.1) is 69.6 Å². The number of rotatable bonds is 2. The first-order valence-corrected chi connectivity index (χ1v) is 24.2. The number of ether oxygens (including phenoxy) is 2. The van der Waals surface area contributed by atoms with Gasteiger partial charge in [0.2, 0.25) is 0 Å². The highest BCUT2D eigenvalue weighted by atomic mass is 16.5. The maximum Gasteiger partial charge on any atom is 0.180 e.